The van der Waals surface area contributed by atoms with Crippen LogP contribution in [0.4, 0.5) is 0 Å². The molecule has 3 heteroatoms. The Balaban J connectivity index is 3.40. The van der Waals surface area contributed by atoms with Crippen molar-refractivity contribution in [2.75, 3.05) is 6.61 Å². The topological polar surface area (TPSA) is 26.3 Å². The molecule has 10 heavy (non-hydrogen) atoms. The smallest absolute Gasteiger partial charge is 0.318 e. The second-order valence-electron chi connectivity index (χ2n) is 1.88. The van der Waals surface area contributed by atoms with Crippen LogP contribution in [-0.4, -0.2) is 17.8 Å². The summed E-state index contributed by atoms with van der Waals surface area (Å²) >= 11 is 3.90. The maximum Gasteiger partial charge on any atom is 0.318 e. The van der Waals surface area contributed by atoms with E-state index in [1.54, 1.807) is 13.0 Å². The van der Waals surface area contributed by atoms with Gasteiger partial charge in [0.2, 0.25) is 0 Å². The van der Waals surface area contributed by atoms with Crippen LogP contribution in [0.15, 0.2) is 12.2 Å². The van der Waals surface area contributed by atoms with E-state index in [0.717, 1.165) is 0 Å². The van der Waals surface area contributed by atoms with Gasteiger partial charge in [-0.1, -0.05) is 12.2 Å². The first-order valence-electron chi connectivity index (χ1n) is 3.14. The highest BCUT2D eigenvalue weighted by molar-refractivity contribution is 7.81. The fraction of sp³-hybridized carbons (Fsp3) is 0.571. The highest BCUT2D eigenvalue weighted by Gasteiger charge is 2.06. The van der Waals surface area contributed by atoms with Gasteiger partial charge in [-0.3, -0.25) is 4.79 Å². The Morgan fingerprint density at radius 1 is 1.80 bits per heavy atom. The first kappa shape index (κ1) is 9.56. The molecule has 58 valence electrons. The summed E-state index contributed by atoms with van der Waals surface area (Å²) < 4.78 is 4.74. The highest BCUT2D eigenvalue weighted by Crippen LogP contribution is 1.95. The normalized spacial score (nSPS) is 13.5. The van der Waals surface area contributed by atoms with Crippen molar-refractivity contribution < 1.29 is 9.53 Å². The van der Waals surface area contributed by atoms with Crippen LogP contribution in [0.25, 0.3) is 0 Å². The summed E-state index contributed by atoms with van der Waals surface area (Å²) in [7, 11) is 0. The van der Waals surface area contributed by atoms with Crippen molar-refractivity contribution >= 4 is 18.6 Å². The molecule has 0 amide bonds. The van der Waals surface area contributed by atoms with E-state index in [1.165, 1.54) is 0 Å². The maximum absolute atomic E-state index is 10.7. The number of thiol groups is 1. The number of hydrogen-bond acceptors (Lipinski definition) is 3. The van der Waals surface area contributed by atoms with E-state index in [4.69, 9.17) is 4.74 Å². The molecule has 0 bridgehead atoms. The summed E-state index contributed by atoms with van der Waals surface area (Å²) in [5, 5.41) is -0.328. The van der Waals surface area contributed by atoms with Gasteiger partial charge >= 0.3 is 5.97 Å². The minimum absolute atomic E-state index is 0.276. The first-order valence-corrected chi connectivity index (χ1v) is 3.66. The van der Waals surface area contributed by atoms with E-state index in [9.17, 15) is 4.79 Å². The van der Waals surface area contributed by atoms with Crippen LogP contribution in [0, 0.1) is 0 Å². The molecule has 0 aromatic rings. The second kappa shape index (κ2) is 5.35. The van der Waals surface area contributed by atoms with Crippen LogP contribution in [0.3, 0.4) is 0 Å². The molecule has 0 aromatic heterocycles. The third-order valence-corrected chi connectivity index (χ3v) is 1.11. The van der Waals surface area contributed by atoms with E-state index < -0.39 is 0 Å². The lowest BCUT2D eigenvalue weighted by atomic mass is 10.5. The van der Waals surface area contributed by atoms with Gasteiger partial charge in [-0.2, -0.15) is 12.6 Å². The minimum Gasteiger partial charge on any atom is -0.461 e. The van der Waals surface area contributed by atoms with Crippen molar-refractivity contribution in [3.63, 3.8) is 0 Å². The van der Waals surface area contributed by atoms with Gasteiger partial charge in [0.25, 0.3) is 0 Å². The standard InChI is InChI=1S/C7H12O2S/c1-3-4-5-9-7(8)6(2)10/h3-4,6,10H,5H2,1-2H3. The van der Waals surface area contributed by atoms with Crippen LogP contribution in [0.2, 0.25) is 0 Å². The molecular weight excluding hydrogens is 148 g/mol. The zero-order valence-electron chi connectivity index (χ0n) is 6.20. The van der Waals surface area contributed by atoms with Gasteiger partial charge in [0.15, 0.2) is 0 Å². The third-order valence-electron chi connectivity index (χ3n) is 0.899. The Labute approximate surface area is 66.7 Å². The number of carbonyl (C=O) groups excluding carboxylic acids is 1. The summed E-state index contributed by atoms with van der Waals surface area (Å²) in [6.07, 6.45) is 3.60. The zero-order valence-corrected chi connectivity index (χ0v) is 7.10. The number of rotatable bonds is 3. The van der Waals surface area contributed by atoms with Crippen molar-refractivity contribution in [3.05, 3.63) is 12.2 Å². The molecule has 0 fully saturated rings. The fourth-order valence-corrected chi connectivity index (χ4v) is 0.422. The summed E-state index contributed by atoms with van der Waals surface area (Å²) in [4.78, 5) is 10.7. The van der Waals surface area contributed by atoms with Gasteiger partial charge < -0.3 is 4.74 Å². The summed E-state index contributed by atoms with van der Waals surface area (Å²) in [6.45, 7) is 3.90. The average Bonchev–Trinajstić information content (AvgIpc) is 1.88. The molecule has 1 unspecified atom stereocenters. The lowest BCUT2D eigenvalue weighted by Crippen LogP contribution is -2.14. The molecule has 0 radical (unpaired) electrons. The Bertz CT molecular complexity index is 130. The van der Waals surface area contributed by atoms with Crippen LogP contribution in [0.5, 0.6) is 0 Å². The zero-order chi connectivity index (χ0) is 7.98. The molecule has 0 N–H and O–H groups in total. The van der Waals surface area contributed by atoms with Crippen molar-refractivity contribution in [3.8, 4) is 0 Å². The van der Waals surface area contributed by atoms with Gasteiger partial charge in [-0.05, 0) is 13.8 Å². The number of hydrogen-bond donors (Lipinski definition) is 1. The third kappa shape index (κ3) is 4.44. The molecule has 0 spiro atoms. The Hall–Kier alpha value is -0.440. The second-order valence-corrected chi connectivity index (χ2v) is 2.65. The van der Waals surface area contributed by atoms with Crippen molar-refractivity contribution in [1.29, 1.82) is 0 Å². The maximum atomic E-state index is 10.7. The molecule has 0 saturated heterocycles. The molecule has 0 saturated carbocycles. The number of allylic oxidation sites excluding steroid dienone is 1. The molecule has 0 aromatic carbocycles. The van der Waals surface area contributed by atoms with Gasteiger partial charge in [-0.25, -0.2) is 0 Å². The number of esters is 1. The molecular formula is C7H12O2S. The largest absolute Gasteiger partial charge is 0.461 e. The van der Waals surface area contributed by atoms with E-state index >= 15 is 0 Å². The highest BCUT2D eigenvalue weighted by atomic mass is 32.1. The Morgan fingerprint density at radius 3 is 2.80 bits per heavy atom. The number of ether oxygens (including phenoxy) is 1. The molecule has 0 aliphatic heterocycles. The van der Waals surface area contributed by atoms with E-state index in [-0.39, 0.29) is 11.2 Å². The summed E-state index contributed by atoms with van der Waals surface area (Å²) in [5.41, 5.74) is 0. The molecule has 2 nitrogen and oxygen atoms in total. The molecule has 0 rings (SSSR count). The van der Waals surface area contributed by atoms with Gasteiger partial charge in [0, 0.05) is 0 Å². The van der Waals surface area contributed by atoms with Crippen LogP contribution >= 0.6 is 12.6 Å². The van der Waals surface area contributed by atoms with E-state index in [0.29, 0.717) is 6.61 Å². The predicted molar refractivity (Wildman–Crippen MR) is 44.2 cm³/mol. The Morgan fingerprint density at radius 2 is 2.40 bits per heavy atom. The SMILES string of the molecule is CC=CCOC(=O)C(C)S. The summed E-state index contributed by atoms with van der Waals surface area (Å²) in [5.74, 6) is -0.276. The predicted octanol–water partition coefficient (Wildman–Crippen LogP) is 1.42. The molecule has 0 aliphatic rings. The van der Waals surface area contributed by atoms with Crippen LogP contribution in [0.1, 0.15) is 13.8 Å². The first-order chi connectivity index (χ1) is 4.68. The minimum atomic E-state index is -0.328. The van der Waals surface area contributed by atoms with Crippen molar-refractivity contribution in [1.82, 2.24) is 0 Å². The number of carbonyl (C=O) groups is 1. The van der Waals surface area contributed by atoms with E-state index in [2.05, 4.69) is 12.6 Å². The molecule has 1 atom stereocenters. The monoisotopic (exact) mass is 160 g/mol. The average molecular weight is 160 g/mol. The quantitative estimate of drug-likeness (QED) is 0.384. The van der Waals surface area contributed by atoms with Gasteiger partial charge in [0.05, 0.1) is 5.25 Å². The van der Waals surface area contributed by atoms with Crippen LogP contribution in [-0.2, 0) is 9.53 Å². The summed E-state index contributed by atoms with van der Waals surface area (Å²) in [6, 6.07) is 0. The lowest BCUT2D eigenvalue weighted by molar-refractivity contribution is -0.141. The molecule has 0 aliphatic carbocycles. The Kier molecular flexibility index (Phi) is 5.12. The van der Waals surface area contributed by atoms with Crippen molar-refractivity contribution in [2.24, 2.45) is 0 Å². The van der Waals surface area contributed by atoms with Crippen LogP contribution < -0.4 is 0 Å². The lowest BCUT2D eigenvalue weighted by Gasteiger charge is -2.02. The van der Waals surface area contributed by atoms with Gasteiger partial charge in [0.1, 0.15) is 6.61 Å². The van der Waals surface area contributed by atoms with E-state index in [1.807, 2.05) is 13.0 Å². The molecule has 0 heterocycles. The van der Waals surface area contributed by atoms with Gasteiger partial charge in [-0.15, -0.1) is 0 Å². The van der Waals surface area contributed by atoms with Crippen molar-refractivity contribution in [2.45, 2.75) is 19.1 Å². The fourth-order valence-electron chi connectivity index (χ4n) is 0.347.